The summed E-state index contributed by atoms with van der Waals surface area (Å²) in [6, 6.07) is 7.47. The summed E-state index contributed by atoms with van der Waals surface area (Å²) in [7, 11) is -3.22. The zero-order valence-corrected chi connectivity index (χ0v) is 14.8. The maximum Gasteiger partial charge on any atom is 0.232 e. The number of allylic oxidation sites excluding steroid dienone is 1. The van der Waals surface area contributed by atoms with Gasteiger partial charge in [-0.3, -0.25) is 4.72 Å². The van der Waals surface area contributed by atoms with Gasteiger partial charge in [-0.15, -0.1) is 0 Å². The Kier molecular flexibility index (Phi) is 6.96. The van der Waals surface area contributed by atoms with Crippen LogP contribution in [0.4, 0.5) is 11.4 Å². The van der Waals surface area contributed by atoms with Crippen LogP contribution in [-0.4, -0.2) is 20.7 Å². The number of anilines is 2. The molecule has 0 radical (unpaired) electrons. The largest absolute Gasteiger partial charge is 0.385 e. The van der Waals surface area contributed by atoms with Crippen molar-refractivity contribution < 1.29 is 8.42 Å². The van der Waals surface area contributed by atoms with E-state index in [4.69, 9.17) is 0 Å². The topological polar surface area (TPSA) is 58.2 Å². The van der Waals surface area contributed by atoms with Gasteiger partial charge >= 0.3 is 0 Å². The molecule has 0 aliphatic heterocycles. The van der Waals surface area contributed by atoms with Crippen molar-refractivity contribution in [3.05, 3.63) is 35.9 Å². The standard InChI is InChI=1S/C18H28N2O2S/c1-2-3-15-23(21,22)20-18-11-9-17(10-12-18)19-14-13-16-7-5-4-6-8-16/h7,9-12,19-20H,2-6,8,13-15H2,1H3. The Hall–Kier alpha value is -1.49. The zero-order chi connectivity index (χ0) is 16.5. The molecule has 0 bridgehead atoms. The van der Waals surface area contributed by atoms with E-state index in [0.717, 1.165) is 25.1 Å². The number of benzene rings is 1. The predicted octanol–water partition coefficient (Wildman–Crippen LogP) is 4.53. The van der Waals surface area contributed by atoms with E-state index in [1.807, 2.05) is 31.2 Å². The second-order valence-electron chi connectivity index (χ2n) is 6.14. The van der Waals surface area contributed by atoms with Crippen molar-refractivity contribution in [3.63, 3.8) is 0 Å². The van der Waals surface area contributed by atoms with Crippen LogP contribution < -0.4 is 10.0 Å². The molecular weight excluding hydrogens is 308 g/mol. The molecule has 1 aromatic carbocycles. The second kappa shape index (κ2) is 8.96. The van der Waals surface area contributed by atoms with Gasteiger partial charge in [-0.05, 0) is 62.8 Å². The molecule has 0 atom stereocenters. The third kappa shape index (κ3) is 6.65. The molecule has 0 heterocycles. The van der Waals surface area contributed by atoms with Gasteiger partial charge < -0.3 is 5.32 Å². The van der Waals surface area contributed by atoms with Crippen molar-refractivity contribution in [1.29, 1.82) is 0 Å². The van der Waals surface area contributed by atoms with Gasteiger partial charge in [-0.1, -0.05) is 25.0 Å². The van der Waals surface area contributed by atoms with Crippen LogP contribution in [0, 0.1) is 0 Å². The van der Waals surface area contributed by atoms with Crippen LogP contribution in [0.1, 0.15) is 51.9 Å². The monoisotopic (exact) mass is 336 g/mol. The maximum atomic E-state index is 11.9. The van der Waals surface area contributed by atoms with Crippen LogP contribution in [0.2, 0.25) is 0 Å². The van der Waals surface area contributed by atoms with E-state index in [1.54, 1.807) is 5.57 Å². The van der Waals surface area contributed by atoms with Gasteiger partial charge in [-0.25, -0.2) is 8.42 Å². The van der Waals surface area contributed by atoms with Crippen LogP contribution in [0.25, 0.3) is 0 Å². The third-order valence-electron chi connectivity index (χ3n) is 4.09. The van der Waals surface area contributed by atoms with Crippen LogP contribution in [0.15, 0.2) is 35.9 Å². The first-order chi connectivity index (χ1) is 11.1. The number of unbranched alkanes of at least 4 members (excludes halogenated alkanes) is 1. The van der Waals surface area contributed by atoms with Crippen LogP contribution in [-0.2, 0) is 10.0 Å². The van der Waals surface area contributed by atoms with E-state index >= 15 is 0 Å². The summed E-state index contributed by atoms with van der Waals surface area (Å²) in [5, 5.41) is 3.40. The van der Waals surface area contributed by atoms with Crippen molar-refractivity contribution >= 4 is 21.4 Å². The van der Waals surface area contributed by atoms with Crippen LogP contribution in [0.5, 0.6) is 0 Å². The molecule has 23 heavy (non-hydrogen) atoms. The lowest BCUT2D eigenvalue weighted by atomic mass is 9.97. The molecule has 0 amide bonds. The fourth-order valence-electron chi connectivity index (χ4n) is 2.72. The normalized spacial score (nSPS) is 15.1. The molecule has 1 aliphatic rings. The molecule has 2 N–H and O–H groups in total. The highest BCUT2D eigenvalue weighted by Crippen LogP contribution is 2.20. The fraction of sp³-hybridized carbons (Fsp3) is 0.556. The first kappa shape index (κ1) is 17.9. The van der Waals surface area contributed by atoms with E-state index < -0.39 is 10.0 Å². The zero-order valence-electron chi connectivity index (χ0n) is 14.0. The first-order valence-electron chi connectivity index (χ1n) is 8.61. The van der Waals surface area contributed by atoms with Gasteiger partial charge in [0.15, 0.2) is 0 Å². The predicted molar refractivity (Wildman–Crippen MR) is 98.4 cm³/mol. The van der Waals surface area contributed by atoms with Crippen molar-refractivity contribution in [1.82, 2.24) is 0 Å². The Morgan fingerprint density at radius 3 is 2.48 bits per heavy atom. The smallest absolute Gasteiger partial charge is 0.232 e. The van der Waals surface area contributed by atoms with E-state index in [1.165, 1.54) is 25.7 Å². The molecule has 0 fully saturated rings. The second-order valence-corrected chi connectivity index (χ2v) is 7.98. The van der Waals surface area contributed by atoms with Crippen molar-refractivity contribution in [3.8, 4) is 0 Å². The minimum absolute atomic E-state index is 0.179. The highest BCUT2D eigenvalue weighted by atomic mass is 32.2. The van der Waals surface area contributed by atoms with Crippen molar-refractivity contribution in [2.24, 2.45) is 0 Å². The van der Waals surface area contributed by atoms with Gasteiger partial charge in [0.2, 0.25) is 10.0 Å². The van der Waals surface area contributed by atoms with Gasteiger partial charge in [-0.2, -0.15) is 0 Å². The summed E-state index contributed by atoms with van der Waals surface area (Å²) in [6.07, 6.45) is 10.1. The molecule has 0 aromatic heterocycles. The molecule has 2 rings (SSSR count). The summed E-state index contributed by atoms with van der Waals surface area (Å²) in [4.78, 5) is 0. The third-order valence-corrected chi connectivity index (χ3v) is 5.46. The Bertz CT molecular complexity index is 606. The summed E-state index contributed by atoms with van der Waals surface area (Å²) in [5.41, 5.74) is 3.21. The van der Waals surface area contributed by atoms with E-state index in [0.29, 0.717) is 12.1 Å². The Balaban J connectivity index is 1.78. The molecular formula is C18H28N2O2S. The van der Waals surface area contributed by atoms with Gasteiger partial charge in [0.25, 0.3) is 0 Å². The van der Waals surface area contributed by atoms with Crippen LogP contribution in [0.3, 0.4) is 0 Å². The average molecular weight is 337 g/mol. The molecule has 1 aliphatic carbocycles. The van der Waals surface area contributed by atoms with Crippen molar-refractivity contribution in [2.75, 3.05) is 22.3 Å². The molecule has 0 saturated carbocycles. The van der Waals surface area contributed by atoms with E-state index in [-0.39, 0.29) is 5.75 Å². The molecule has 128 valence electrons. The fourth-order valence-corrected chi connectivity index (χ4v) is 3.99. The number of sulfonamides is 1. The molecule has 4 nitrogen and oxygen atoms in total. The van der Waals surface area contributed by atoms with E-state index in [9.17, 15) is 8.42 Å². The lowest BCUT2D eigenvalue weighted by Crippen LogP contribution is -2.16. The molecule has 0 spiro atoms. The summed E-state index contributed by atoms with van der Waals surface area (Å²) in [5.74, 6) is 0.179. The quantitative estimate of drug-likeness (QED) is 0.651. The lowest BCUT2D eigenvalue weighted by molar-refractivity contribution is 0.598. The molecule has 1 aromatic rings. The van der Waals surface area contributed by atoms with Gasteiger partial charge in [0, 0.05) is 17.9 Å². The Morgan fingerprint density at radius 1 is 1.09 bits per heavy atom. The highest BCUT2D eigenvalue weighted by Gasteiger charge is 2.09. The highest BCUT2D eigenvalue weighted by molar-refractivity contribution is 7.92. The minimum Gasteiger partial charge on any atom is -0.385 e. The number of hydrogen-bond acceptors (Lipinski definition) is 3. The molecule has 5 heteroatoms. The average Bonchev–Trinajstić information content (AvgIpc) is 2.55. The van der Waals surface area contributed by atoms with Gasteiger partial charge in [0.05, 0.1) is 5.75 Å². The minimum atomic E-state index is -3.22. The van der Waals surface area contributed by atoms with Crippen LogP contribution >= 0.6 is 0 Å². The SMILES string of the molecule is CCCCS(=O)(=O)Nc1ccc(NCCC2=CCCCC2)cc1. The summed E-state index contributed by atoms with van der Waals surface area (Å²) < 4.78 is 26.3. The Morgan fingerprint density at radius 2 is 1.83 bits per heavy atom. The summed E-state index contributed by atoms with van der Waals surface area (Å²) >= 11 is 0. The number of nitrogens with one attached hydrogen (secondary N) is 2. The first-order valence-corrected chi connectivity index (χ1v) is 10.3. The molecule has 0 unspecified atom stereocenters. The van der Waals surface area contributed by atoms with Gasteiger partial charge in [0.1, 0.15) is 0 Å². The Labute approximate surface area is 140 Å². The number of hydrogen-bond donors (Lipinski definition) is 2. The lowest BCUT2D eigenvalue weighted by Gasteiger charge is -2.14. The summed E-state index contributed by atoms with van der Waals surface area (Å²) in [6.45, 7) is 2.91. The maximum absolute atomic E-state index is 11.9. The van der Waals surface area contributed by atoms with Crippen molar-refractivity contribution in [2.45, 2.75) is 51.9 Å². The number of rotatable bonds is 9. The van der Waals surface area contributed by atoms with E-state index in [2.05, 4.69) is 16.1 Å². The molecule has 0 saturated heterocycles.